The minimum absolute atomic E-state index is 0.0537. The lowest BCUT2D eigenvalue weighted by Gasteiger charge is -2.22. The molecule has 1 amide bonds. The van der Waals surface area contributed by atoms with Gasteiger partial charge in [0, 0.05) is 10.6 Å². The Morgan fingerprint density at radius 3 is 2.44 bits per heavy atom. The highest BCUT2D eigenvalue weighted by Gasteiger charge is 2.31. The first-order chi connectivity index (χ1) is 16.1. The van der Waals surface area contributed by atoms with E-state index < -0.39 is 29.2 Å². The third-order valence-corrected chi connectivity index (χ3v) is 5.76. The van der Waals surface area contributed by atoms with Crippen molar-refractivity contribution in [2.24, 2.45) is 0 Å². The fourth-order valence-electron chi connectivity index (χ4n) is 2.88. The third kappa shape index (κ3) is 6.77. The van der Waals surface area contributed by atoms with Crippen molar-refractivity contribution in [3.63, 3.8) is 0 Å². The molecule has 0 bridgehead atoms. The largest absolute Gasteiger partial charge is 0.771 e. The molecule has 0 aliphatic carbocycles. The molecule has 0 saturated heterocycles. The second-order valence-electron chi connectivity index (χ2n) is 6.79. The standard InChI is InChI=1S/C21H17F3N4O4S2/c1-13-18(19(29)26-12-34(30)31)27-20(33-13)28(16-6-2-14(10-25)3-7-16)11-15-4-8-17(9-5-15)32-21(22,23)24/h2-9H,11-12H2,1H3,(H,26,29)(H,30,31)/p-1. The molecule has 0 fully saturated rings. The van der Waals surface area contributed by atoms with Gasteiger partial charge in [0.05, 0.1) is 24.1 Å². The number of alkyl halides is 3. The van der Waals surface area contributed by atoms with E-state index in [-0.39, 0.29) is 18.0 Å². The third-order valence-electron chi connectivity index (χ3n) is 4.39. The molecule has 0 spiro atoms. The SMILES string of the molecule is Cc1sc(N(Cc2ccc(OC(F)(F)F)cc2)c2ccc(C#N)cc2)nc1C(=O)NCS(=O)[O-]. The van der Waals surface area contributed by atoms with E-state index in [2.05, 4.69) is 15.0 Å². The minimum Gasteiger partial charge on any atom is -0.771 e. The summed E-state index contributed by atoms with van der Waals surface area (Å²) in [6.45, 7) is 1.83. The number of halogens is 3. The number of hydrogen-bond acceptors (Lipinski definition) is 8. The smallest absolute Gasteiger partial charge is 0.573 e. The lowest BCUT2D eigenvalue weighted by atomic mass is 10.1. The maximum atomic E-state index is 12.4. The van der Waals surface area contributed by atoms with Gasteiger partial charge in [-0.15, -0.1) is 24.5 Å². The minimum atomic E-state index is -4.80. The maximum absolute atomic E-state index is 12.4. The Morgan fingerprint density at radius 2 is 1.88 bits per heavy atom. The molecular weight excluding hydrogens is 493 g/mol. The highest BCUT2D eigenvalue weighted by Crippen LogP contribution is 2.33. The van der Waals surface area contributed by atoms with Crippen LogP contribution in [0, 0.1) is 18.3 Å². The first-order valence-corrected chi connectivity index (χ1v) is 11.6. The van der Waals surface area contributed by atoms with Crippen molar-refractivity contribution in [1.29, 1.82) is 5.26 Å². The van der Waals surface area contributed by atoms with E-state index in [9.17, 15) is 26.7 Å². The lowest BCUT2D eigenvalue weighted by Crippen LogP contribution is -2.27. The summed E-state index contributed by atoms with van der Waals surface area (Å²) in [5, 5.41) is 11.7. The van der Waals surface area contributed by atoms with Crippen LogP contribution >= 0.6 is 11.3 Å². The van der Waals surface area contributed by atoms with Gasteiger partial charge in [-0.2, -0.15) is 5.26 Å². The molecule has 0 aliphatic heterocycles. The number of aryl methyl sites for hydroxylation is 1. The van der Waals surface area contributed by atoms with Crippen LogP contribution in [-0.4, -0.2) is 31.9 Å². The van der Waals surface area contributed by atoms with Crippen molar-refractivity contribution < 1.29 is 31.5 Å². The number of thiazole rings is 1. The Kier molecular flexibility index (Phi) is 7.87. The van der Waals surface area contributed by atoms with Crippen molar-refractivity contribution in [2.45, 2.75) is 19.8 Å². The van der Waals surface area contributed by atoms with Gasteiger partial charge >= 0.3 is 6.36 Å². The number of benzene rings is 2. The Bertz CT molecular complexity index is 1220. The number of nitrogens with zero attached hydrogens (tertiary/aromatic N) is 3. The summed E-state index contributed by atoms with van der Waals surface area (Å²) in [6.07, 6.45) is -4.80. The molecule has 8 nitrogen and oxygen atoms in total. The van der Waals surface area contributed by atoms with Gasteiger partial charge in [-0.05, 0) is 60.0 Å². The second-order valence-corrected chi connectivity index (χ2v) is 8.87. The average molecular weight is 510 g/mol. The molecule has 0 saturated carbocycles. The Morgan fingerprint density at radius 1 is 1.24 bits per heavy atom. The van der Waals surface area contributed by atoms with Crippen LogP contribution in [-0.2, 0) is 17.6 Å². The number of amides is 1. The van der Waals surface area contributed by atoms with Gasteiger partial charge in [0.2, 0.25) is 0 Å². The summed E-state index contributed by atoms with van der Waals surface area (Å²) in [5.74, 6) is -1.57. The molecule has 3 aromatic rings. The van der Waals surface area contributed by atoms with Crippen LogP contribution in [0.1, 0.15) is 26.5 Å². The summed E-state index contributed by atoms with van der Waals surface area (Å²) in [5.41, 5.74) is 1.73. The Balaban J connectivity index is 1.92. The van der Waals surface area contributed by atoms with Crippen LogP contribution in [0.3, 0.4) is 0 Å². The van der Waals surface area contributed by atoms with Crippen LogP contribution in [0.25, 0.3) is 0 Å². The molecule has 1 aromatic heterocycles. The second kappa shape index (κ2) is 10.6. The molecule has 178 valence electrons. The molecule has 0 aliphatic rings. The number of hydrogen-bond donors (Lipinski definition) is 1. The first kappa shape index (κ1) is 25.2. The van der Waals surface area contributed by atoms with Gasteiger partial charge in [0.25, 0.3) is 5.91 Å². The van der Waals surface area contributed by atoms with Gasteiger partial charge in [0.15, 0.2) is 5.13 Å². The van der Waals surface area contributed by atoms with Crippen LogP contribution in [0.15, 0.2) is 48.5 Å². The highest BCUT2D eigenvalue weighted by atomic mass is 32.2. The van der Waals surface area contributed by atoms with E-state index in [0.29, 0.717) is 26.8 Å². The van der Waals surface area contributed by atoms with Crippen LogP contribution in [0.5, 0.6) is 5.75 Å². The summed E-state index contributed by atoms with van der Waals surface area (Å²) in [4.78, 5) is 19.0. The van der Waals surface area contributed by atoms with Crippen LogP contribution < -0.4 is 15.0 Å². The number of anilines is 2. The summed E-state index contributed by atoms with van der Waals surface area (Å²) < 4.78 is 62.7. The first-order valence-electron chi connectivity index (χ1n) is 9.49. The monoisotopic (exact) mass is 509 g/mol. The van der Waals surface area contributed by atoms with Gasteiger partial charge in [0.1, 0.15) is 11.4 Å². The van der Waals surface area contributed by atoms with Crippen molar-refractivity contribution in [1.82, 2.24) is 10.3 Å². The Labute approximate surface area is 198 Å². The quantitative estimate of drug-likeness (QED) is 0.454. The molecular formula is C21H16F3N4O4S2-. The number of nitriles is 1. The van der Waals surface area contributed by atoms with Crippen molar-refractivity contribution in [2.75, 3.05) is 10.8 Å². The number of rotatable bonds is 8. The van der Waals surface area contributed by atoms with Crippen molar-refractivity contribution >= 4 is 39.1 Å². The lowest BCUT2D eigenvalue weighted by molar-refractivity contribution is -0.274. The average Bonchev–Trinajstić information content (AvgIpc) is 3.17. The van der Waals surface area contributed by atoms with Gasteiger partial charge in [-0.1, -0.05) is 12.1 Å². The number of carbonyl (C=O) groups excluding carboxylic acids is 1. The van der Waals surface area contributed by atoms with Gasteiger partial charge < -0.3 is 19.5 Å². The van der Waals surface area contributed by atoms with E-state index in [4.69, 9.17) is 5.26 Å². The summed E-state index contributed by atoms with van der Waals surface area (Å²) >= 11 is -1.28. The van der Waals surface area contributed by atoms with Crippen molar-refractivity contribution in [3.05, 3.63) is 70.2 Å². The zero-order valence-electron chi connectivity index (χ0n) is 17.5. The fourth-order valence-corrected chi connectivity index (χ4v) is 4.06. The maximum Gasteiger partial charge on any atom is 0.573 e. The zero-order valence-corrected chi connectivity index (χ0v) is 19.1. The fraction of sp³-hybridized carbons (Fsp3) is 0.190. The normalized spacial score (nSPS) is 12.0. The Hall–Kier alpha value is -3.47. The molecule has 0 radical (unpaired) electrons. The molecule has 1 N–H and O–H groups in total. The number of aromatic nitrogens is 1. The predicted molar refractivity (Wildman–Crippen MR) is 118 cm³/mol. The molecule has 13 heteroatoms. The van der Waals surface area contributed by atoms with E-state index in [0.717, 1.165) is 0 Å². The number of nitrogens with one attached hydrogen (secondary N) is 1. The summed E-state index contributed by atoms with van der Waals surface area (Å²) in [6, 6.07) is 13.9. The highest BCUT2D eigenvalue weighted by molar-refractivity contribution is 7.79. The topological polar surface area (TPSA) is 118 Å². The number of carbonyl (C=O) groups is 1. The van der Waals surface area contributed by atoms with Crippen LogP contribution in [0.2, 0.25) is 0 Å². The zero-order chi connectivity index (χ0) is 24.9. The molecule has 1 unspecified atom stereocenters. The molecule has 1 heterocycles. The number of ether oxygens (including phenoxy) is 1. The van der Waals surface area contributed by atoms with Gasteiger partial charge in [-0.3, -0.25) is 9.00 Å². The molecule has 2 aromatic carbocycles. The van der Waals surface area contributed by atoms with Gasteiger partial charge in [-0.25, -0.2) is 4.98 Å². The van der Waals surface area contributed by atoms with Crippen LogP contribution in [0.4, 0.5) is 24.0 Å². The van der Waals surface area contributed by atoms with E-state index in [1.165, 1.54) is 35.6 Å². The van der Waals surface area contributed by atoms with Crippen molar-refractivity contribution in [3.8, 4) is 11.8 Å². The summed E-state index contributed by atoms with van der Waals surface area (Å²) in [7, 11) is 0. The predicted octanol–water partition coefficient (Wildman–Crippen LogP) is 4.13. The van der Waals surface area contributed by atoms with E-state index in [1.807, 2.05) is 6.07 Å². The molecule has 34 heavy (non-hydrogen) atoms. The van der Waals surface area contributed by atoms with E-state index in [1.54, 1.807) is 36.1 Å². The van der Waals surface area contributed by atoms with E-state index >= 15 is 0 Å². The molecule has 3 rings (SSSR count). The molecule has 1 atom stereocenters.